The molecule has 1 aliphatic heterocycles. The van der Waals surface area contributed by atoms with Crippen LogP contribution in [0.25, 0.3) is 0 Å². The summed E-state index contributed by atoms with van der Waals surface area (Å²) in [5.74, 6) is -3.87. The van der Waals surface area contributed by atoms with Gasteiger partial charge in [0.2, 0.25) is 0 Å². The average molecular weight is 1640 g/mol. The van der Waals surface area contributed by atoms with Crippen molar-refractivity contribution in [3.05, 3.63) is 0 Å². The Balaban J connectivity index is -0.000000294. The third-order valence-corrected chi connectivity index (χ3v) is 17.1. The maximum atomic E-state index is 11.5. The summed E-state index contributed by atoms with van der Waals surface area (Å²) in [4.78, 5) is 134. The normalized spacial score (nSPS) is 14.7. The third kappa shape index (κ3) is 83.4. The molecule has 4 unspecified atom stereocenters. The van der Waals surface area contributed by atoms with E-state index in [0.29, 0.717) is 83.3 Å². The van der Waals surface area contributed by atoms with Gasteiger partial charge < -0.3 is 75.8 Å². The lowest BCUT2D eigenvalue weighted by Gasteiger charge is -2.35. The van der Waals surface area contributed by atoms with Gasteiger partial charge in [0.25, 0.3) is 0 Å². The Bertz CT molecular complexity index is 2500. The summed E-state index contributed by atoms with van der Waals surface area (Å²) in [5.41, 5.74) is 0.359. The van der Waals surface area contributed by atoms with Crippen LogP contribution in [0.3, 0.4) is 0 Å². The summed E-state index contributed by atoms with van der Waals surface area (Å²) < 4.78 is 79.3. The van der Waals surface area contributed by atoms with Crippen LogP contribution in [0.15, 0.2) is 0 Å². The standard InChI is InChI=1S/C16H26O8.C12H23NO4.2C12H22O4.C11H22O2.C10H20O4S2.C7H14O2/c1-16(2,3)8-11(9-23-14(19)6-12(17)21-4)10-24-15(20)7-13(18)22-5;1-10(14)16-8-6-13(12(3,4)5)7-9-17-11(2)15;2*1-6-11(14)16-8-10(12(3,4)5)7-15-9(2)13;1-8-6-9(2)13-10(12-8)7-11(3,4)5;1-10(2,3)7-16-15-6-8(11)14-9(12-4)13-5;1-6(8)9-5-7(2,3)4/h11H,6-10H2,1-5H3;6-9H2,1-5H3;2*10H,6-8H2,1-5H3;8-10H,6-7H2,1-5H3;9H,6-7H2,1-5H3;5H2,1-4H3. The van der Waals surface area contributed by atoms with Crippen LogP contribution in [-0.2, 0) is 133 Å². The number of esters is 12. The number of hydrogen-bond donors (Lipinski definition) is 0. The van der Waals surface area contributed by atoms with Crippen molar-refractivity contribution < 1.29 is 133 Å². The summed E-state index contributed by atoms with van der Waals surface area (Å²) in [5, 5.41) is 0. The Kier molecular flexibility index (Phi) is 64.3. The van der Waals surface area contributed by atoms with Crippen LogP contribution >= 0.6 is 21.6 Å². The Morgan fingerprint density at radius 1 is 0.414 bits per heavy atom. The summed E-state index contributed by atoms with van der Waals surface area (Å²) >= 11 is 0. The fourth-order valence-electron chi connectivity index (χ4n) is 8.13. The molecule has 0 aromatic rings. The second-order valence-electron chi connectivity index (χ2n) is 34.1. The largest absolute Gasteiger partial charge is 0.469 e. The second kappa shape index (κ2) is 61.6. The second-order valence-corrected chi connectivity index (χ2v) is 36.6. The molecule has 0 aromatic heterocycles. The monoisotopic (exact) mass is 1640 g/mol. The molecule has 0 saturated carbocycles. The number of methoxy groups -OCH3 is 4. The molecule has 1 heterocycles. The molecule has 4 atom stereocenters. The van der Waals surface area contributed by atoms with Crippen LogP contribution in [0, 0.1) is 50.2 Å². The van der Waals surface area contributed by atoms with Gasteiger partial charge in [-0.2, -0.15) is 0 Å². The predicted octanol–water partition coefficient (Wildman–Crippen LogP) is 13.9. The molecule has 1 rings (SSSR count). The van der Waals surface area contributed by atoms with Crippen molar-refractivity contribution >= 4 is 93.2 Å². The van der Waals surface area contributed by atoms with Crippen molar-refractivity contribution in [3.63, 3.8) is 0 Å². The molecule has 0 spiro atoms. The summed E-state index contributed by atoms with van der Waals surface area (Å²) in [6.07, 6.45) is 3.08. The highest BCUT2D eigenvalue weighted by Crippen LogP contribution is 2.32. The molecular weight excluding hydrogens is 1490 g/mol. The first-order valence-corrected chi connectivity index (χ1v) is 40.0. The van der Waals surface area contributed by atoms with E-state index in [2.05, 4.69) is 90.5 Å². The van der Waals surface area contributed by atoms with Gasteiger partial charge in [0, 0.05) is 110 Å². The fourth-order valence-corrected chi connectivity index (χ4v) is 10.7. The van der Waals surface area contributed by atoms with E-state index in [1.807, 2.05) is 83.1 Å². The zero-order chi connectivity index (χ0) is 87.9. The van der Waals surface area contributed by atoms with Gasteiger partial charge in [-0.05, 0) is 80.0 Å². The lowest BCUT2D eigenvalue weighted by molar-refractivity contribution is -0.253. The fraction of sp³-hybridized carbons (Fsp3) is 0.850. The molecule has 0 amide bonds. The van der Waals surface area contributed by atoms with E-state index in [0.717, 1.165) is 18.6 Å². The van der Waals surface area contributed by atoms with Gasteiger partial charge in [0.05, 0.1) is 72.7 Å². The van der Waals surface area contributed by atoms with E-state index in [-0.39, 0.29) is 136 Å². The number of carbonyl (C=O) groups is 12. The average Bonchev–Trinajstić information content (AvgIpc) is 0.835. The van der Waals surface area contributed by atoms with E-state index >= 15 is 0 Å². The minimum absolute atomic E-state index is 0.00116. The first-order chi connectivity index (χ1) is 50.5. The molecule has 0 radical (unpaired) electrons. The Morgan fingerprint density at radius 2 is 0.766 bits per heavy atom. The highest BCUT2D eigenvalue weighted by Gasteiger charge is 2.31. The van der Waals surface area contributed by atoms with Gasteiger partial charge in [-0.15, -0.1) is 0 Å². The van der Waals surface area contributed by atoms with Crippen molar-refractivity contribution in [2.24, 2.45) is 50.2 Å². The van der Waals surface area contributed by atoms with Gasteiger partial charge >= 0.3 is 78.1 Å². The highest BCUT2D eigenvalue weighted by molar-refractivity contribution is 8.76. The van der Waals surface area contributed by atoms with Gasteiger partial charge in [-0.25, -0.2) is 0 Å². The molecule has 654 valence electrons. The molecule has 0 aromatic carbocycles. The smallest absolute Gasteiger partial charge is 0.320 e. The van der Waals surface area contributed by atoms with Crippen LogP contribution in [0.1, 0.15) is 253 Å². The molecule has 111 heavy (non-hydrogen) atoms. The Labute approximate surface area is 674 Å². The SMILES string of the molecule is CC(=O)OCC(C)(C)C.CC(=O)OCCN(CCOC(C)=O)C(C)(C)C.CC1CC(C)OC(CC(C)(C)C)O1.CCC(=O)OCC(COC(C)=O)C(C)(C)C.CCC(=O)OCC(COC(C)=O)C(C)(C)C.COC(=O)CC(=O)OCC(COC(=O)CC(=O)OC)CC(C)(C)C.COC(OC)OC(=O)CSSCC(C)(C)C. The zero-order valence-corrected chi connectivity index (χ0v) is 76.0. The molecule has 0 aliphatic carbocycles. The van der Waals surface area contributed by atoms with Crippen molar-refractivity contribution in [3.8, 4) is 0 Å². The van der Waals surface area contributed by atoms with E-state index in [9.17, 15) is 57.5 Å². The maximum absolute atomic E-state index is 11.5. The van der Waals surface area contributed by atoms with Crippen molar-refractivity contribution in [1.29, 1.82) is 0 Å². The first-order valence-electron chi connectivity index (χ1n) is 37.5. The quantitative estimate of drug-likeness (QED) is 0.0144. The molecule has 0 bridgehead atoms. The molecular formula is C80H149NO28S2. The van der Waals surface area contributed by atoms with Crippen molar-refractivity contribution in [2.75, 3.05) is 112 Å². The maximum Gasteiger partial charge on any atom is 0.320 e. The van der Waals surface area contributed by atoms with Gasteiger partial charge in [-0.1, -0.05) is 160 Å². The molecule has 1 aliphatic rings. The lowest BCUT2D eigenvalue weighted by atomic mass is 9.82. The van der Waals surface area contributed by atoms with Crippen LogP contribution in [0.2, 0.25) is 0 Å². The number of rotatable bonds is 34. The zero-order valence-electron chi connectivity index (χ0n) is 74.4. The van der Waals surface area contributed by atoms with E-state index in [1.54, 1.807) is 24.6 Å². The minimum atomic E-state index is -0.902. The summed E-state index contributed by atoms with van der Waals surface area (Å²) in [6.45, 7) is 60.9. The minimum Gasteiger partial charge on any atom is -0.469 e. The molecule has 31 heteroatoms. The number of hydrogen-bond acceptors (Lipinski definition) is 31. The van der Waals surface area contributed by atoms with Crippen LogP contribution in [-0.4, -0.2) is 220 Å². The molecule has 0 N–H and O–H groups in total. The number of carbonyl (C=O) groups excluding carboxylic acids is 12. The summed E-state index contributed by atoms with van der Waals surface area (Å²) in [6, 6.07) is 0. The van der Waals surface area contributed by atoms with Crippen LogP contribution in [0.5, 0.6) is 0 Å². The van der Waals surface area contributed by atoms with Gasteiger partial charge in [0.15, 0.2) is 6.29 Å². The van der Waals surface area contributed by atoms with Gasteiger partial charge in [0.1, 0.15) is 31.8 Å². The molecule has 1 fully saturated rings. The van der Waals surface area contributed by atoms with Crippen LogP contribution in [0.4, 0.5) is 0 Å². The van der Waals surface area contributed by atoms with Crippen LogP contribution < -0.4 is 0 Å². The van der Waals surface area contributed by atoms with E-state index in [4.69, 9.17) is 66.3 Å². The predicted molar refractivity (Wildman–Crippen MR) is 427 cm³/mol. The third-order valence-electron chi connectivity index (χ3n) is 14.4. The Morgan fingerprint density at radius 3 is 1.04 bits per heavy atom. The van der Waals surface area contributed by atoms with Crippen molar-refractivity contribution in [2.45, 2.75) is 283 Å². The lowest BCUT2D eigenvalue weighted by Crippen LogP contribution is -2.45. The van der Waals surface area contributed by atoms with E-state index < -0.39 is 43.2 Å². The number of nitrogens with zero attached hydrogens (tertiary/aromatic N) is 1. The first kappa shape index (κ1) is 116. The Hall–Kier alpha value is -5.86. The summed E-state index contributed by atoms with van der Waals surface area (Å²) in [7, 11) is 8.35. The molecule has 1 saturated heterocycles. The highest BCUT2D eigenvalue weighted by atomic mass is 33.1. The van der Waals surface area contributed by atoms with Crippen molar-refractivity contribution in [1.82, 2.24) is 4.90 Å². The van der Waals surface area contributed by atoms with E-state index in [1.165, 1.54) is 73.9 Å². The van der Waals surface area contributed by atoms with Gasteiger partial charge in [-0.3, -0.25) is 62.4 Å². The number of ether oxygens (including phenoxy) is 16. The topological polar surface area (TPSA) is 356 Å². The molecule has 29 nitrogen and oxygen atoms in total.